The molecule has 0 radical (unpaired) electrons. The van der Waals surface area contributed by atoms with E-state index in [-0.39, 0.29) is 18.3 Å². The van der Waals surface area contributed by atoms with E-state index >= 15 is 0 Å². The van der Waals surface area contributed by atoms with Crippen LogP contribution < -0.4 is 5.32 Å². The first-order valence-electron chi connectivity index (χ1n) is 17.4. The number of fused-ring (bicyclic) bond motifs is 8. The monoisotopic (exact) mass is 671 g/mol. The number of H-pyrrole nitrogens is 2. The highest BCUT2D eigenvalue weighted by Gasteiger charge is 2.44. The highest BCUT2D eigenvalue weighted by atomic mass is 16.6. The second kappa shape index (κ2) is 13.8. The summed E-state index contributed by atoms with van der Waals surface area (Å²) in [6.45, 7) is 14.3. The Morgan fingerprint density at radius 1 is 0.878 bits per heavy atom. The van der Waals surface area contributed by atoms with E-state index in [0.29, 0.717) is 6.42 Å². The van der Waals surface area contributed by atoms with E-state index in [2.05, 4.69) is 81.1 Å². The van der Waals surface area contributed by atoms with Crippen molar-refractivity contribution >= 4 is 39.6 Å². The summed E-state index contributed by atoms with van der Waals surface area (Å²) in [5, 5.41) is 43.3. The molecule has 7 atom stereocenters. The Labute approximate surface area is 286 Å². The molecular formula is C38H49N5O6. The van der Waals surface area contributed by atoms with E-state index in [1.54, 1.807) is 0 Å². The number of aliphatic hydroxyl groups is 4. The molecule has 0 spiro atoms. The molecule has 262 valence electrons. The van der Waals surface area contributed by atoms with Gasteiger partial charge in [-0.3, -0.25) is 9.78 Å². The van der Waals surface area contributed by atoms with Crippen LogP contribution in [-0.2, 0) is 22.4 Å². The summed E-state index contributed by atoms with van der Waals surface area (Å²) < 4.78 is 5.22. The van der Waals surface area contributed by atoms with Crippen molar-refractivity contribution in [2.75, 3.05) is 6.61 Å². The zero-order valence-corrected chi connectivity index (χ0v) is 29.4. The third kappa shape index (κ3) is 6.34. The number of aromatic amines is 2. The van der Waals surface area contributed by atoms with E-state index in [9.17, 15) is 25.2 Å². The van der Waals surface area contributed by atoms with Crippen molar-refractivity contribution in [3.8, 4) is 0 Å². The molecule has 1 fully saturated rings. The molecule has 0 aromatic carbocycles. The molecule has 1 saturated heterocycles. The number of hydrogen-bond acceptors (Lipinski definition) is 8. The normalized spacial score (nSPS) is 25.4. The Morgan fingerprint density at radius 3 is 2.14 bits per heavy atom. The topological polar surface area (TPSA) is 177 Å². The number of carbonyl (C=O) groups is 1. The molecule has 8 bridgehead atoms. The first-order valence-corrected chi connectivity index (χ1v) is 17.4. The minimum Gasteiger partial charge on any atom is -0.394 e. The third-order valence-electron chi connectivity index (χ3n) is 10.8. The lowest BCUT2D eigenvalue weighted by atomic mass is 9.85. The first kappa shape index (κ1) is 35.0. The van der Waals surface area contributed by atoms with Crippen LogP contribution in [0.15, 0.2) is 18.2 Å². The molecular weight excluding hydrogens is 622 g/mol. The largest absolute Gasteiger partial charge is 0.394 e. The lowest BCUT2D eigenvalue weighted by molar-refractivity contribution is -0.253. The average Bonchev–Trinajstić information content (AvgIpc) is 3.78. The number of ether oxygens (including phenoxy) is 1. The molecule has 11 nitrogen and oxygen atoms in total. The van der Waals surface area contributed by atoms with Crippen LogP contribution in [0.5, 0.6) is 0 Å². The van der Waals surface area contributed by atoms with Crippen molar-refractivity contribution in [1.29, 1.82) is 0 Å². The Kier molecular flexibility index (Phi) is 9.85. The van der Waals surface area contributed by atoms with Crippen LogP contribution in [0.3, 0.4) is 0 Å². The van der Waals surface area contributed by atoms with E-state index < -0.39 is 43.2 Å². The van der Waals surface area contributed by atoms with Crippen molar-refractivity contribution in [2.24, 2.45) is 0 Å². The van der Waals surface area contributed by atoms with Crippen molar-refractivity contribution in [1.82, 2.24) is 25.3 Å². The molecule has 3 aliphatic rings. The second-order valence-electron chi connectivity index (χ2n) is 13.8. The number of allylic oxidation sites excluding steroid dienone is 1. The van der Waals surface area contributed by atoms with Gasteiger partial charge in [0.15, 0.2) is 6.29 Å². The molecule has 11 heteroatoms. The lowest BCUT2D eigenvalue weighted by Gasteiger charge is -2.40. The highest BCUT2D eigenvalue weighted by Crippen LogP contribution is 2.42. The van der Waals surface area contributed by atoms with Gasteiger partial charge in [-0.1, -0.05) is 20.8 Å². The fourth-order valence-electron chi connectivity index (χ4n) is 7.71. The zero-order chi connectivity index (χ0) is 35.3. The van der Waals surface area contributed by atoms with E-state index in [4.69, 9.17) is 14.7 Å². The Balaban J connectivity index is 1.44. The highest BCUT2D eigenvalue weighted by molar-refractivity contribution is 5.85. The summed E-state index contributed by atoms with van der Waals surface area (Å²) in [6, 6.07) is 5.24. The minimum absolute atomic E-state index is 0.0167. The molecule has 0 aliphatic carbocycles. The predicted octanol–water partition coefficient (Wildman–Crippen LogP) is 4.51. The number of amides is 1. The summed E-state index contributed by atoms with van der Waals surface area (Å²) in [7, 11) is 0. The van der Waals surface area contributed by atoms with Crippen LogP contribution in [0, 0.1) is 20.8 Å². The van der Waals surface area contributed by atoms with Crippen LogP contribution >= 0.6 is 0 Å². The van der Waals surface area contributed by atoms with Crippen molar-refractivity contribution < 1.29 is 30.0 Å². The van der Waals surface area contributed by atoms with Gasteiger partial charge in [0.2, 0.25) is 5.91 Å². The molecule has 3 aromatic heterocycles. The summed E-state index contributed by atoms with van der Waals surface area (Å²) in [6.07, 6.45) is -1.28. The van der Waals surface area contributed by atoms with Crippen LogP contribution in [0.25, 0.3) is 33.7 Å². The number of aliphatic hydroxyl groups excluding tert-OH is 4. The second-order valence-corrected chi connectivity index (χ2v) is 13.8. The molecule has 1 amide bonds. The summed E-state index contributed by atoms with van der Waals surface area (Å²) in [4.78, 5) is 30.9. The average molecular weight is 672 g/mol. The van der Waals surface area contributed by atoms with Gasteiger partial charge in [0.25, 0.3) is 0 Å². The van der Waals surface area contributed by atoms with Gasteiger partial charge in [-0.2, -0.15) is 0 Å². The fourth-order valence-corrected chi connectivity index (χ4v) is 7.71. The van der Waals surface area contributed by atoms with E-state index in [1.165, 1.54) is 22.3 Å². The van der Waals surface area contributed by atoms with Crippen LogP contribution in [0.2, 0.25) is 0 Å². The SMILES string of the molecule is CCc1c(C)c2cc3[nH]c(cc4nc(c(C)c5nc(cc1[nH]2)C(C)=C5)[C@@H](CCC(=O)N[C@H]1C(O)O[C@H](CO)[C@H](O)[C@@H]1O)[C@@H]4C)c(C)c3CC. The lowest BCUT2D eigenvalue weighted by Crippen LogP contribution is -2.64. The summed E-state index contributed by atoms with van der Waals surface area (Å²) >= 11 is 0. The Bertz CT molecular complexity index is 1960. The quantitative estimate of drug-likeness (QED) is 0.192. The van der Waals surface area contributed by atoms with Gasteiger partial charge < -0.3 is 40.4 Å². The molecule has 6 heterocycles. The molecule has 0 saturated carbocycles. The molecule has 1 unspecified atom stereocenters. The maximum atomic E-state index is 13.2. The number of aryl methyl sites for hydroxylation is 4. The Morgan fingerprint density at radius 2 is 1.51 bits per heavy atom. The van der Waals surface area contributed by atoms with Crippen LogP contribution in [-0.4, -0.2) is 83.5 Å². The minimum atomic E-state index is -1.57. The van der Waals surface area contributed by atoms with E-state index in [1.807, 2.05) is 6.92 Å². The number of hydrogen-bond donors (Lipinski definition) is 7. The standard InChI is InChI=1S/C38H49N5O6/c1-8-22-19(5)28-15-31-23(9-2)18(4)27(40-31)14-29-20(6)24(10-11-33(45)43-35-37(47)36(46)32(16-44)49-38(35)48)34(42-29)21(7)26-12-17(3)25(39-26)13-30(22)41-28/h12-15,20,24,32,35-38,40-41,44,46-48H,8-11,16H2,1-7H3,(H,43,45)/t20-,24-,32+,35+,36-,37+,38?/m0/s1. The van der Waals surface area contributed by atoms with Gasteiger partial charge in [-0.25, -0.2) is 4.98 Å². The van der Waals surface area contributed by atoms with E-state index in [0.717, 1.165) is 68.8 Å². The number of nitrogens with zero attached hydrogens (tertiary/aromatic N) is 2. The smallest absolute Gasteiger partial charge is 0.220 e. The molecule has 3 aliphatic heterocycles. The Hall–Kier alpha value is -3.87. The maximum absolute atomic E-state index is 13.2. The summed E-state index contributed by atoms with van der Waals surface area (Å²) in [5.41, 5.74) is 14.7. The number of nitrogens with one attached hydrogen (secondary N) is 3. The molecule has 3 aromatic rings. The molecule has 7 N–H and O–H groups in total. The number of carbonyl (C=O) groups excluding carboxylic acids is 1. The molecule has 6 rings (SSSR count). The summed E-state index contributed by atoms with van der Waals surface area (Å²) in [5.74, 6) is -0.525. The first-order chi connectivity index (χ1) is 23.4. The molecule has 49 heavy (non-hydrogen) atoms. The van der Waals surface area contributed by atoms with Crippen LogP contribution in [0.1, 0.15) is 103 Å². The van der Waals surface area contributed by atoms with Gasteiger partial charge in [-0.05, 0) is 105 Å². The van der Waals surface area contributed by atoms with Crippen molar-refractivity contribution in [3.63, 3.8) is 0 Å². The van der Waals surface area contributed by atoms with Gasteiger partial charge in [-0.15, -0.1) is 0 Å². The van der Waals surface area contributed by atoms with Crippen LogP contribution in [0.4, 0.5) is 0 Å². The van der Waals surface area contributed by atoms with Gasteiger partial charge in [0.1, 0.15) is 24.4 Å². The number of rotatable bonds is 7. The van der Waals surface area contributed by atoms with Crippen molar-refractivity contribution in [2.45, 2.75) is 117 Å². The predicted molar refractivity (Wildman–Crippen MR) is 190 cm³/mol. The fraction of sp³-hybridized carbons (Fsp3) is 0.500. The number of aromatic nitrogens is 4. The van der Waals surface area contributed by atoms with Gasteiger partial charge in [0.05, 0.1) is 18.0 Å². The van der Waals surface area contributed by atoms with Crippen molar-refractivity contribution in [3.05, 3.63) is 68.8 Å². The van der Waals surface area contributed by atoms with Gasteiger partial charge in [0, 0.05) is 51.7 Å². The third-order valence-corrected chi connectivity index (χ3v) is 10.8. The maximum Gasteiger partial charge on any atom is 0.220 e. The zero-order valence-electron chi connectivity index (χ0n) is 29.4. The van der Waals surface area contributed by atoms with Gasteiger partial charge >= 0.3 is 0 Å².